The molecule has 0 saturated heterocycles. The van der Waals surface area contributed by atoms with Crippen LogP contribution in [-0.4, -0.2) is 35.6 Å². The lowest BCUT2D eigenvalue weighted by Crippen LogP contribution is -2.60. The van der Waals surface area contributed by atoms with E-state index < -0.39 is 17.3 Å². The smallest absolute Gasteiger partial charge is 0.337 e. The van der Waals surface area contributed by atoms with Crippen LogP contribution >= 0.6 is 0 Å². The van der Waals surface area contributed by atoms with Crippen molar-refractivity contribution in [3.05, 3.63) is 11.6 Å². The second kappa shape index (κ2) is 4.01. The summed E-state index contributed by atoms with van der Waals surface area (Å²) in [6.07, 6.45) is -1.13. The van der Waals surface area contributed by atoms with E-state index in [4.69, 9.17) is 5.73 Å². The fourth-order valence-electron chi connectivity index (χ4n) is 2.20. The quantitative estimate of drug-likeness (QED) is 0.716. The van der Waals surface area contributed by atoms with Crippen LogP contribution < -0.4 is 5.73 Å². The molecule has 0 atom stereocenters. The molecule has 17 heavy (non-hydrogen) atoms. The Balaban J connectivity index is 1.99. The van der Waals surface area contributed by atoms with Crippen molar-refractivity contribution in [1.82, 2.24) is 4.90 Å². The fraction of sp³-hybridized carbons (Fsp3) is 0.727. The summed E-state index contributed by atoms with van der Waals surface area (Å²) in [5.74, 6) is -0.207. The standard InChI is InChI=1S/C11H15F3N2O/c12-11(13,14)8-2-6-16(7-3-8)9(17)10(15)4-1-5-10/h2H,1,3-7,15H2. The minimum atomic E-state index is -4.27. The SMILES string of the molecule is NC1(C(=O)N2CC=C(C(F)(F)F)CC2)CCC1. The van der Waals surface area contributed by atoms with E-state index in [-0.39, 0.29) is 25.4 Å². The molecule has 3 nitrogen and oxygen atoms in total. The highest BCUT2D eigenvalue weighted by atomic mass is 19.4. The summed E-state index contributed by atoms with van der Waals surface area (Å²) in [6.45, 7) is 0.135. The van der Waals surface area contributed by atoms with Crippen molar-refractivity contribution in [3.63, 3.8) is 0 Å². The molecule has 1 amide bonds. The summed E-state index contributed by atoms with van der Waals surface area (Å²) in [5, 5.41) is 0. The average Bonchev–Trinajstić information content (AvgIpc) is 2.24. The zero-order chi connectivity index (χ0) is 12.7. The van der Waals surface area contributed by atoms with Gasteiger partial charge in [-0.3, -0.25) is 4.79 Å². The number of nitrogens with two attached hydrogens (primary N) is 1. The maximum Gasteiger partial charge on any atom is 0.412 e. The molecule has 1 saturated carbocycles. The van der Waals surface area contributed by atoms with Gasteiger partial charge in [0, 0.05) is 18.7 Å². The Labute approximate surface area is 97.4 Å². The lowest BCUT2D eigenvalue weighted by molar-refractivity contribution is -0.140. The minimum Gasteiger partial charge on any atom is -0.337 e. The molecule has 1 fully saturated rings. The topological polar surface area (TPSA) is 46.3 Å². The monoisotopic (exact) mass is 248 g/mol. The zero-order valence-electron chi connectivity index (χ0n) is 9.39. The van der Waals surface area contributed by atoms with Gasteiger partial charge in [0.05, 0.1) is 5.54 Å². The zero-order valence-corrected chi connectivity index (χ0v) is 9.39. The van der Waals surface area contributed by atoms with Gasteiger partial charge in [0.1, 0.15) is 0 Å². The van der Waals surface area contributed by atoms with Gasteiger partial charge in [-0.25, -0.2) is 0 Å². The van der Waals surface area contributed by atoms with Crippen LogP contribution in [0.4, 0.5) is 13.2 Å². The van der Waals surface area contributed by atoms with Crippen molar-refractivity contribution in [2.24, 2.45) is 5.73 Å². The molecule has 0 aromatic rings. The molecule has 0 spiro atoms. The number of amides is 1. The van der Waals surface area contributed by atoms with Gasteiger partial charge in [-0.15, -0.1) is 0 Å². The van der Waals surface area contributed by atoms with Crippen LogP contribution in [0, 0.1) is 0 Å². The normalized spacial score (nSPS) is 24.0. The lowest BCUT2D eigenvalue weighted by Gasteiger charge is -2.41. The van der Waals surface area contributed by atoms with Gasteiger partial charge in [0.25, 0.3) is 0 Å². The predicted octanol–water partition coefficient (Wildman–Crippen LogP) is 1.59. The Bertz CT molecular complexity index is 358. The lowest BCUT2D eigenvalue weighted by atomic mass is 9.76. The highest BCUT2D eigenvalue weighted by Gasteiger charge is 2.44. The van der Waals surface area contributed by atoms with Gasteiger partial charge in [-0.05, 0) is 25.7 Å². The molecule has 0 aromatic heterocycles. The van der Waals surface area contributed by atoms with Crippen molar-refractivity contribution < 1.29 is 18.0 Å². The van der Waals surface area contributed by atoms with Crippen LogP contribution in [0.15, 0.2) is 11.6 Å². The van der Waals surface area contributed by atoms with Crippen LogP contribution in [-0.2, 0) is 4.79 Å². The fourth-order valence-corrected chi connectivity index (χ4v) is 2.20. The van der Waals surface area contributed by atoms with Crippen LogP contribution in [0.5, 0.6) is 0 Å². The van der Waals surface area contributed by atoms with Gasteiger partial charge in [0.2, 0.25) is 5.91 Å². The Hall–Kier alpha value is -1.04. The Morgan fingerprint density at radius 3 is 2.41 bits per heavy atom. The minimum absolute atomic E-state index is 0.0205. The third kappa shape index (κ3) is 2.31. The number of carbonyl (C=O) groups is 1. The summed E-state index contributed by atoms with van der Waals surface area (Å²) < 4.78 is 37.2. The van der Waals surface area contributed by atoms with Crippen molar-refractivity contribution in [2.75, 3.05) is 13.1 Å². The maximum atomic E-state index is 12.4. The van der Waals surface area contributed by atoms with E-state index in [1.54, 1.807) is 0 Å². The molecule has 2 N–H and O–H groups in total. The molecular formula is C11H15F3N2O. The molecule has 1 heterocycles. The summed E-state index contributed by atoms with van der Waals surface area (Å²) in [7, 11) is 0. The first-order chi connectivity index (χ1) is 7.83. The summed E-state index contributed by atoms with van der Waals surface area (Å²) >= 11 is 0. The van der Waals surface area contributed by atoms with Crippen LogP contribution in [0.1, 0.15) is 25.7 Å². The number of nitrogens with zero attached hydrogens (tertiary/aromatic N) is 1. The van der Waals surface area contributed by atoms with Gasteiger partial charge in [-0.1, -0.05) is 6.08 Å². The number of hydrogen-bond donors (Lipinski definition) is 1. The molecular weight excluding hydrogens is 233 g/mol. The highest BCUT2D eigenvalue weighted by molar-refractivity contribution is 5.87. The molecule has 96 valence electrons. The summed E-state index contributed by atoms with van der Waals surface area (Å²) in [4.78, 5) is 13.4. The number of halogens is 3. The van der Waals surface area contributed by atoms with E-state index in [1.807, 2.05) is 0 Å². The number of alkyl halides is 3. The van der Waals surface area contributed by atoms with Gasteiger partial charge in [0.15, 0.2) is 0 Å². The molecule has 0 unspecified atom stereocenters. The number of rotatable bonds is 1. The van der Waals surface area contributed by atoms with E-state index in [2.05, 4.69) is 0 Å². The van der Waals surface area contributed by atoms with E-state index in [9.17, 15) is 18.0 Å². The van der Waals surface area contributed by atoms with E-state index >= 15 is 0 Å². The second-order valence-corrected chi connectivity index (χ2v) is 4.74. The van der Waals surface area contributed by atoms with Crippen LogP contribution in [0.3, 0.4) is 0 Å². The Morgan fingerprint density at radius 2 is 2.06 bits per heavy atom. The van der Waals surface area contributed by atoms with E-state index in [1.165, 1.54) is 4.90 Å². The third-order valence-electron chi connectivity index (χ3n) is 3.53. The molecule has 2 aliphatic rings. The number of carbonyl (C=O) groups excluding carboxylic acids is 1. The molecule has 6 heteroatoms. The van der Waals surface area contributed by atoms with Gasteiger partial charge < -0.3 is 10.6 Å². The predicted molar refractivity (Wildman–Crippen MR) is 56.1 cm³/mol. The van der Waals surface area contributed by atoms with E-state index in [0.29, 0.717) is 12.8 Å². The first-order valence-corrected chi connectivity index (χ1v) is 5.67. The largest absolute Gasteiger partial charge is 0.412 e. The molecule has 0 aromatic carbocycles. The highest BCUT2D eigenvalue weighted by Crippen LogP contribution is 2.34. The van der Waals surface area contributed by atoms with Crippen molar-refractivity contribution in [1.29, 1.82) is 0 Å². The summed E-state index contributed by atoms with van der Waals surface area (Å²) in [6, 6.07) is 0. The average molecular weight is 248 g/mol. The van der Waals surface area contributed by atoms with Crippen molar-refractivity contribution >= 4 is 5.91 Å². The third-order valence-corrected chi connectivity index (χ3v) is 3.53. The van der Waals surface area contributed by atoms with Crippen LogP contribution in [0.2, 0.25) is 0 Å². The first-order valence-electron chi connectivity index (χ1n) is 5.67. The Morgan fingerprint density at radius 1 is 1.41 bits per heavy atom. The molecule has 1 aliphatic carbocycles. The van der Waals surface area contributed by atoms with Gasteiger partial charge in [-0.2, -0.15) is 13.2 Å². The summed E-state index contributed by atoms with van der Waals surface area (Å²) in [5.41, 5.74) is 4.51. The molecule has 0 bridgehead atoms. The van der Waals surface area contributed by atoms with Gasteiger partial charge >= 0.3 is 6.18 Å². The van der Waals surface area contributed by atoms with Crippen molar-refractivity contribution in [3.8, 4) is 0 Å². The van der Waals surface area contributed by atoms with E-state index in [0.717, 1.165) is 12.5 Å². The molecule has 0 radical (unpaired) electrons. The number of hydrogen-bond acceptors (Lipinski definition) is 2. The molecule has 2 rings (SSSR count). The first kappa shape index (κ1) is 12.4. The maximum absolute atomic E-state index is 12.4. The molecule has 1 aliphatic heterocycles. The van der Waals surface area contributed by atoms with Crippen LogP contribution in [0.25, 0.3) is 0 Å². The van der Waals surface area contributed by atoms with Crippen molar-refractivity contribution in [2.45, 2.75) is 37.4 Å². The Kier molecular flexibility index (Phi) is 2.93. The second-order valence-electron chi connectivity index (χ2n) is 4.74.